The van der Waals surface area contributed by atoms with Gasteiger partial charge in [0.2, 0.25) is 0 Å². The number of rotatable bonds is 2. The molecule has 100 valence electrons. The first kappa shape index (κ1) is 14.1. The van der Waals surface area contributed by atoms with E-state index in [-0.39, 0.29) is 12.4 Å². The lowest BCUT2D eigenvalue weighted by atomic mass is 10.0. The summed E-state index contributed by atoms with van der Waals surface area (Å²) in [7, 11) is 0. The van der Waals surface area contributed by atoms with Crippen LogP contribution in [0.2, 0.25) is 0 Å². The summed E-state index contributed by atoms with van der Waals surface area (Å²) >= 11 is 0. The van der Waals surface area contributed by atoms with Gasteiger partial charge in [-0.2, -0.15) is 0 Å². The molecule has 0 bridgehead atoms. The van der Waals surface area contributed by atoms with Crippen molar-refractivity contribution in [1.29, 1.82) is 0 Å². The van der Waals surface area contributed by atoms with Gasteiger partial charge in [-0.1, -0.05) is 60.7 Å². The Morgan fingerprint density at radius 3 is 1.85 bits per heavy atom. The normalized spacial score (nSPS) is 9.80. The van der Waals surface area contributed by atoms with Crippen LogP contribution in [0.5, 0.6) is 0 Å². The van der Waals surface area contributed by atoms with Crippen LogP contribution in [0.4, 0.5) is 5.82 Å². The Balaban J connectivity index is 0.00000147. The number of anilines is 1. The van der Waals surface area contributed by atoms with Crippen molar-refractivity contribution in [2.75, 3.05) is 5.73 Å². The van der Waals surface area contributed by atoms with Crippen LogP contribution in [-0.2, 0) is 0 Å². The van der Waals surface area contributed by atoms with Crippen molar-refractivity contribution in [2.24, 2.45) is 0 Å². The maximum absolute atomic E-state index is 5.71. The highest BCUT2D eigenvalue weighted by Crippen LogP contribution is 2.23. The predicted octanol–water partition coefficient (Wildman–Crippen LogP) is 4.42. The van der Waals surface area contributed by atoms with E-state index in [9.17, 15) is 0 Å². The van der Waals surface area contributed by atoms with Crippen LogP contribution in [0.3, 0.4) is 0 Å². The summed E-state index contributed by atoms with van der Waals surface area (Å²) in [6.45, 7) is 0. The predicted molar refractivity (Wildman–Crippen MR) is 86.8 cm³/mol. The van der Waals surface area contributed by atoms with Crippen molar-refractivity contribution in [1.82, 2.24) is 4.98 Å². The molecule has 3 rings (SSSR count). The van der Waals surface area contributed by atoms with Gasteiger partial charge < -0.3 is 5.73 Å². The van der Waals surface area contributed by atoms with Crippen molar-refractivity contribution in [3.05, 3.63) is 72.8 Å². The van der Waals surface area contributed by atoms with Gasteiger partial charge in [-0.05, 0) is 23.3 Å². The first-order chi connectivity index (χ1) is 9.33. The summed E-state index contributed by atoms with van der Waals surface area (Å²) in [4.78, 5) is 4.32. The van der Waals surface area contributed by atoms with Gasteiger partial charge in [0.05, 0.1) is 5.69 Å². The van der Waals surface area contributed by atoms with Gasteiger partial charge in [-0.3, -0.25) is 0 Å². The lowest BCUT2D eigenvalue weighted by molar-refractivity contribution is 1.33. The Morgan fingerprint density at radius 1 is 0.600 bits per heavy atom. The quantitative estimate of drug-likeness (QED) is 0.756. The van der Waals surface area contributed by atoms with E-state index in [1.807, 2.05) is 30.3 Å². The monoisotopic (exact) mass is 282 g/mol. The fourth-order valence-electron chi connectivity index (χ4n) is 2.08. The third-order valence-corrected chi connectivity index (χ3v) is 3.06. The second-order valence-electron chi connectivity index (χ2n) is 4.39. The maximum Gasteiger partial charge on any atom is 0.124 e. The summed E-state index contributed by atoms with van der Waals surface area (Å²) in [6, 6.07) is 24.4. The molecule has 2 nitrogen and oxygen atoms in total. The topological polar surface area (TPSA) is 38.9 Å². The molecule has 0 unspecified atom stereocenters. The van der Waals surface area contributed by atoms with Crippen LogP contribution in [0.15, 0.2) is 72.8 Å². The number of nitrogens with two attached hydrogens (primary N) is 1. The van der Waals surface area contributed by atoms with Gasteiger partial charge in [-0.25, -0.2) is 4.98 Å². The van der Waals surface area contributed by atoms with Crippen LogP contribution in [0.25, 0.3) is 22.4 Å². The lowest BCUT2D eigenvalue weighted by Gasteiger charge is -2.05. The van der Waals surface area contributed by atoms with E-state index < -0.39 is 0 Å². The minimum Gasteiger partial charge on any atom is -0.384 e. The number of nitrogen functional groups attached to an aromatic ring is 1. The number of aromatic nitrogens is 1. The summed E-state index contributed by atoms with van der Waals surface area (Å²) in [5.74, 6) is 0.546. The van der Waals surface area contributed by atoms with E-state index in [2.05, 4.69) is 41.4 Å². The molecule has 3 aromatic rings. The van der Waals surface area contributed by atoms with Gasteiger partial charge >= 0.3 is 0 Å². The molecule has 20 heavy (non-hydrogen) atoms. The third-order valence-electron chi connectivity index (χ3n) is 3.06. The molecule has 2 N–H and O–H groups in total. The zero-order valence-electron chi connectivity index (χ0n) is 10.9. The number of halogens is 1. The molecule has 1 aromatic heterocycles. The van der Waals surface area contributed by atoms with Crippen LogP contribution < -0.4 is 5.73 Å². The molecular weight excluding hydrogens is 268 g/mol. The summed E-state index contributed by atoms with van der Waals surface area (Å²) in [5.41, 5.74) is 10.1. The first-order valence-corrected chi connectivity index (χ1v) is 6.21. The Labute approximate surface area is 124 Å². The number of hydrogen-bond acceptors (Lipinski definition) is 2. The average Bonchev–Trinajstić information content (AvgIpc) is 2.48. The number of benzene rings is 2. The van der Waals surface area contributed by atoms with Crippen LogP contribution in [-0.4, -0.2) is 4.98 Å². The Hall–Kier alpha value is -2.32. The van der Waals surface area contributed by atoms with E-state index in [1.165, 1.54) is 11.1 Å². The minimum atomic E-state index is 0. The molecule has 1 heterocycles. The standard InChI is InChI=1S/C17H14N2.ClH/c18-17-8-4-7-16(19-17)15-11-9-14(10-12-15)13-5-2-1-3-6-13;/h1-12H,(H2,18,19);1H. The van der Waals surface area contributed by atoms with Crippen molar-refractivity contribution < 1.29 is 0 Å². The molecule has 0 aliphatic heterocycles. The van der Waals surface area contributed by atoms with Crippen LogP contribution in [0.1, 0.15) is 0 Å². The fourth-order valence-corrected chi connectivity index (χ4v) is 2.08. The van der Waals surface area contributed by atoms with E-state index in [0.717, 1.165) is 11.3 Å². The second kappa shape index (κ2) is 6.22. The zero-order chi connectivity index (χ0) is 13.1. The maximum atomic E-state index is 5.71. The fraction of sp³-hybridized carbons (Fsp3) is 0. The smallest absolute Gasteiger partial charge is 0.124 e. The highest BCUT2D eigenvalue weighted by Gasteiger charge is 2.01. The van der Waals surface area contributed by atoms with Crippen LogP contribution in [0, 0.1) is 0 Å². The van der Waals surface area contributed by atoms with Gasteiger partial charge in [-0.15, -0.1) is 12.4 Å². The number of nitrogens with zero attached hydrogens (tertiary/aromatic N) is 1. The number of pyridine rings is 1. The van der Waals surface area contributed by atoms with E-state index in [0.29, 0.717) is 5.82 Å². The highest BCUT2D eigenvalue weighted by atomic mass is 35.5. The van der Waals surface area contributed by atoms with Crippen LogP contribution >= 0.6 is 12.4 Å². The van der Waals surface area contributed by atoms with Gasteiger partial charge in [0, 0.05) is 5.56 Å². The van der Waals surface area contributed by atoms with Crippen molar-refractivity contribution >= 4 is 18.2 Å². The molecule has 0 spiro atoms. The molecule has 2 aromatic carbocycles. The second-order valence-corrected chi connectivity index (χ2v) is 4.39. The summed E-state index contributed by atoms with van der Waals surface area (Å²) in [5, 5.41) is 0. The van der Waals surface area contributed by atoms with Crippen molar-refractivity contribution in [3.63, 3.8) is 0 Å². The molecule has 0 aliphatic carbocycles. The molecule has 0 saturated heterocycles. The molecule has 0 saturated carbocycles. The van der Waals surface area contributed by atoms with Crippen molar-refractivity contribution in [3.8, 4) is 22.4 Å². The van der Waals surface area contributed by atoms with E-state index in [1.54, 1.807) is 6.07 Å². The van der Waals surface area contributed by atoms with Gasteiger partial charge in [0.1, 0.15) is 5.82 Å². The largest absolute Gasteiger partial charge is 0.384 e. The highest BCUT2D eigenvalue weighted by molar-refractivity contribution is 5.85. The van der Waals surface area contributed by atoms with Crippen molar-refractivity contribution in [2.45, 2.75) is 0 Å². The molecule has 0 fully saturated rings. The Morgan fingerprint density at radius 2 is 1.20 bits per heavy atom. The third kappa shape index (κ3) is 2.98. The molecule has 0 atom stereocenters. The Kier molecular flexibility index (Phi) is 4.38. The SMILES string of the molecule is Cl.Nc1cccc(-c2ccc(-c3ccccc3)cc2)n1. The minimum absolute atomic E-state index is 0. The van der Waals surface area contributed by atoms with E-state index >= 15 is 0 Å². The Bertz CT molecular complexity index is 679. The lowest BCUT2D eigenvalue weighted by Crippen LogP contribution is -1.91. The number of hydrogen-bond donors (Lipinski definition) is 1. The molecular formula is C17H15ClN2. The molecule has 0 radical (unpaired) electrons. The average molecular weight is 283 g/mol. The van der Waals surface area contributed by atoms with Gasteiger partial charge in [0.25, 0.3) is 0 Å². The van der Waals surface area contributed by atoms with Gasteiger partial charge in [0.15, 0.2) is 0 Å². The molecule has 3 heteroatoms. The van der Waals surface area contributed by atoms with E-state index in [4.69, 9.17) is 5.73 Å². The molecule has 0 amide bonds. The summed E-state index contributed by atoms with van der Waals surface area (Å²) in [6.07, 6.45) is 0. The zero-order valence-corrected chi connectivity index (χ0v) is 11.7. The summed E-state index contributed by atoms with van der Waals surface area (Å²) < 4.78 is 0. The molecule has 0 aliphatic rings. The first-order valence-electron chi connectivity index (χ1n) is 6.21.